The predicted molar refractivity (Wildman–Crippen MR) is 207 cm³/mol. The van der Waals surface area contributed by atoms with Crippen LogP contribution in [-0.4, -0.2) is 49.1 Å². The van der Waals surface area contributed by atoms with Gasteiger partial charge in [-0.1, -0.05) is 17.0 Å². The number of hydrogen-bond donors (Lipinski definition) is 0. The molecule has 0 fully saturated rings. The molecule has 2 aliphatic carbocycles. The Bertz CT molecular complexity index is 2880. The molecule has 274 valence electrons. The largest absolute Gasteiger partial charge is 0.486 e. The lowest BCUT2D eigenvalue weighted by Crippen LogP contribution is -2.17. The highest BCUT2D eigenvalue weighted by atomic mass is 16.5. The van der Waals surface area contributed by atoms with Crippen LogP contribution in [0.2, 0.25) is 0 Å². The van der Waals surface area contributed by atoms with Crippen molar-refractivity contribution in [2.45, 2.75) is 57.4 Å². The summed E-state index contributed by atoms with van der Waals surface area (Å²) in [4.78, 5) is 14.0. The van der Waals surface area contributed by atoms with Gasteiger partial charge in [0, 0.05) is 52.5 Å². The van der Waals surface area contributed by atoms with E-state index in [1.54, 1.807) is 27.8 Å². The number of hydrogen-bond acceptors (Lipinski definition) is 9. The fourth-order valence-electron chi connectivity index (χ4n) is 7.73. The van der Waals surface area contributed by atoms with Crippen molar-refractivity contribution in [1.82, 2.24) is 49.1 Å². The summed E-state index contributed by atoms with van der Waals surface area (Å²) in [5.41, 5.74) is 8.77. The Labute approximate surface area is 321 Å². The van der Waals surface area contributed by atoms with Crippen LogP contribution in [0.3, 0.4) is 0 Å². The standard InChI is InChI=1S/C42H35N12O2/c1-51-24-31(22-45-51)53-39-16-33(12-8-27(39)19-47-53)56-42-7-3-5-38-36(42)15-11-30(50-38)21-44-26-52-25-32(23-46-52)54-40-17-34(13-9-28(40)20-48-54)55-41-6-2-4-37-35(41)14-10-29(18-43)49-37/h8-17,19-20,22-25,41-42H,2-7,26H2,1H3/q+1/t41-,42+/m1/s1. The first-order valence-corrected chi connectivity index (χ1v) is 18.7. The maximum Gasteiger partial charge on any atom is 0.357 e. The molecule has 0 radical (unpaired) electrons. The summed E-state index contributed by atoms with van der Waals surface area (Å²) >= 11 is 0. The zero-order valence-electron chi connectivity index (χ0n) is 30.5. The highest BCUT2D eigenvalue weighted by Crippen LogP contribution is 2.36. The van der Waals surface area contributed by atoms with Crippen LogP contribution in [0.25, 0.3) is 38.0 Å². The smallest absolute Gasteiger partial charge is 0.357 e. The topological polar surface area (TPSA) is 144 Å². The van der Waals surface area contributed by atoms with Crippen LogP contribution in [0.5, 0.6) is 11.5 Å². The Morgan fingerprint density at radius 3 is 1.89 bits per heavy atom. The molecular formula is C42H35N12O2+. The van der Waals surface area contributed by atoms with Gasteiger partial charge in [-0.05, 0) is 74.9 Å². The van der Waals surface area contributed by atoms with Gasteiger partial charge >= 0.3 is 12.7 Å². The van der Waals surface area contributed by atoms with Gasteiger partial charge in [0.2, 0.25) is 0 Å². The molecule has 2 aliphatic rings. The Hall–Kier alpha value is -7.32. The number of pyridine rings is 2. The zero-order valence-corrected chi connectivity index (χ0v) is 30.5. The summed E-state index contributed by atoms with van der Waals surface area (Å²) in [5, 5.41) is 29.3. The second-order valence-electron chi connectivity index (χ2n) is 14.1. The molecule has 2 atom stereocenters. The Morgan fingerprint density at radius 1 is 0.696 bits per heavy atom. The lowest BCUT2D eigenvalue weighted by atomic mass is 9.93. The van der Waals surface area contributed by atoms with Crippen LogP contribution in [0, 0.1) is 17.4 Å². The third-order valence-corrected chi connectivity index (χ3v) is 10.4. The first-order chi connectivity index (χ1) is 27.5. The molecule has 14 heteroatoms. The molecule has 14 nitrogen and oxygen atoms in total. The summed E-state index contributed by atoms with van der Waals surface area (Å²) < 4.78 is 20.3. The number of aryl methyl sites for hydroxylation is 3. The van der Waals surface area contributed by atoms with Crippen molar-refractivity contribution in [2.24, 2.45) is 7.05 Å². The van der Waals surface area contributed by atoms with Crippen LogP contribution in [0.15, 0.2) is 97.8 Å². The summed E-state index contributed by atoms with van der Waals surface area (Å²) in [7, 11) is 1.89. The van der Waals surface area contributed by atoms with Crippen LogP contribution in [0.4, 0.5) is 0 Å². The molecule has 56 heavy (non-hydrogen) atoms. The Kier molecular flexibility index (Phi) is 8.21. The van der Waals surface area contributed by atoms with E-state index < -0.39 is 0 Å². The molecule has 0 aliphatic heterocycles. The van der Waals surface area contributed by atoms with Crippen LogP contribution < -0.4 is 9.47 Å². The summed E-state index contributed by atoms with van der Waals surface area (Å²) in [5.74, 6) is 1.53. The van der Waals surface area contributed by atoms with Crippen molar-refractivity contribution in [1.29, 1.82) is 5.26 Å². The minimum absolute atomic E-state index is 0.104. The second-order valence-corrected chi connectivity index (χ2v) is 14.1. The average Bonchev–Trinajstić information content (AvgIpc) is 4.05. The van der Waals surface area contributed by atoms with Crippen molar-refractivity contribution in [3.8, 4) is 35.0 Å². The van der Waals surface area contributed by atoms with Gasteiger partial charge in [0.25, 0.3) is 0 Å². The van der Waals surface area contributed by atoms with Gasteiger partial charge in [-0.2, -0.15) is 30.3 Å². The highest BCUT2D eigenvalue weighted by Gasteiger charge is 2.25. The number of nitriles is 1. The minimum Gasteiger partial charge on any atom is -0.486 e. The first kappa shape index (κ1) is 33.3. The van der Waals surface area contributed by atoms with E-state index in [2.05, 4.69) is 48.4 Å². The number of aromatic nitrogens is 10. The monoisotopic (exact) mass is 739 g/mol. The first-order valence-electron chi connectivity index (χ1n) is 18.7. The number of benzene rings is 2. The molecule has 6 aromatic heterocycles. The van der Waals surface area contributed by atoms with E-state index in [1.165, 1.54) is 0 Å². The molecule has 0 unspecified atom stereocenters. The maximum absolute atomic E-state index is 9.28. The van der Waals surface area contributed by atoms with Crippen molar-refractivity contribution >= 4 is 21.8 Å². The lowest BCUT2D eigenvalue weighted by Gasteiger charge is -2.25. The highest BCUT2D eigenvalue weighted by molar-refractivity contribution is 5.82. The van der Waals surface area contributed by atoms with E-state index in [0.29, 0.717) is 11.4 Å². The van der Waals surface area contributed by atoms with Crippen molar-refractivity contribution in [3.05, 3.63) is 137 Å². The number of rotatable bonds is 7. The van der Waals surface area contributed by atoms with Gasteiger partial charge in [0.05, 0.1) is 48.2 Å². The molecule has 0 bridgehead atoms. The summed E-state index contributed by atoms with van der Waals surface area (Å²) in [6.45, 7) is 0.277. The molecule has 0 N–H and O–H groups in total. The number of nitrogens with zero attached hydrogens (tertiary/aromatic N) is 12. The third-order valence-electron chi connectivity index (χ3n) is 10.4. The average molecular weight is 740 g/mol. The fraction of sp³-hybridized carbons (Fsp3) is 0.238. The van der Waals surface area contributed by atoms with E-state index in [-0.39, 0.29) is 18.9 Å². The van der Waals surface area contributed by atoms with Gasteiger partial charge in [-0.3, -0.25) is 4.68 Å². The van der Waals surface area contributed by atoms with Gasteiger partial charge in [0.1, 0.15) is 46.8 Å². The van der Waals surface area contributed by atoms with E-state index in [0.717, 1.165) is 106 Å². The fourth-order valence-corrected chi connectivity index (χ4v) is 7.73. The molecule has 0 amide bonds. The minimum atomic E-state index is -0.125. The number of fused-ring (bicyclic) bond motifs is 4. The van der Waals surface area contributed by atoms with Gasteiger partial charge in [0.15, 0.2) is 5.69 Å². The van der Waals surface area contributed by atoms with Crippen molar-refractivity contribution in [2.75, 3.05) is 0 Å². The van der Waals surface area contributed by atoms with E-state index in [9.17, 15) is 5.26 Å². The Balaban J connectivity index is 0.819. The quantitative estimate of drug-likeness (QED) is 0.166. The molecule has 2 aromatic carbocycles. The molecule has 0 saturated carbocycles. The van der Waals surface area contributed by atoms with Crippen LogP contribution in [-0.2, 0) is 26.6 Å². The lowest BCUT2D eigenvalue weighted by molar-refractivity contribution is 0.182. The summed E-state index contributed by atoms with van der Waals surface area (Å²) in [6, 6.07) is 25.1. The number of ether oxygens (including phenoxy) is 2. The molecule has 10 rings (SSSR count). The van der Waals surface area contributed by atoms with Crippen LogP contribution >= 0.6 is 0 Å². The molecule has 0 saturated heterocycles. The molecule has 6 heterocycles. The van der Waals surface area contributed by atoms with Crippen molar-refractivity contribution < 1.29 is 9.47 Å². The van der Waals surface area contributed by atoms with Crippen molar-refractivity contribution in [3.63, 3.8) is 0 Å². The second kappa shape index (κ2) is 13.8. The normalized spacial score (nSPS) is 16.1. The SMILES string of the molecule is Cn1cc(-n2ncc3ccc(O[C@H]4CCCc5nc(C#[N+]Cn6cc(-n7ncc8ccc(O[C@@H]9CCCc%10nc(C#N)ccc%109)cc87)cn6)ccc54)cc32)cn1. The van der Waals surface area contributed by atoms with E-state index in [4.69, 9.17) is 14.5 Å². The Morgan fingerprint density at radius 2 is 1.29 bits per heavy atom. The van der Waals surface area contributed by atoms with Crippen LogP contribution in [0.1, 0.15) is 71.8 Å². The van der Waals surface area contributed by atoms with Gasteiger partial charge < -0.3 is 9.47 Å². The summed E-state index contributed by atoms with van der Waals surface area (Å²) in [6.07, 6.45) is 16.3. The third kappa shape index (κ3) is 6.27. The molecule has 0 spiro atoms. The van der Waals surface area contributed by atoms with Gasteiger partial charge in [-0.25, -0.2) is 19.3 Å². The predicted octanol–water partition coefficient (Wildman–Crippen LogP) is 7.21. The molecular weight excluding hydrogens is 705 g/mol. The van der Waals surface area contributed by atoms with E-state index >= 15 is 0 Å². The van der Waals surface area contributed by atoms with E-state index in [1.807, 2.05) is 89.7 Å². The van der Waals surface area contributed by atoms with Gasteiger partial charge in [-0.15, -0.1) is 0 Å². The molecule has 8 aromatic rings. The zero-order chi connectivity index (χ0) is 37.6. The maximum atomic E-state index is 9.28.